The molecule has 3 aliphatic rings. The molecule has 1 aliphatic carbocycles. The standard InChI is InChI=1S/C33H39ClN3O2/c1-32(2)24-12-9-10-13-26(24)35(5)28(32)19-22-30(38)23(31(22)39)20-29-33(3,4)25-18-21(34)14-15-27(25)36(29)16-11-17-37(6,7)8/h9-10,12-15,18-20H,11,16-17H2,1-8H3/q+1/p+1. The summed E-state index contributed by atoms with van der Waals surface area (Å²) in [5, 5.41) is 11.9. The van der Waals surface area contributed by atoms with Crippen LogP contribution in [-0.4, -0.2) is 66.9 Å². The van der Waals surface area contributed by atoms with Crippen molar-refractivity contribution in [3.05, 3.63) is 93.4 Å². The van der Waals surface area contributed by atoms with Crippen molar-refractivity contribution in [1.29, 1.82) is 0 Å². The van der Waals surface area contributed by atoms with Gasteiger partial charge in [0.05, 0.1) is 44.2 Å². The van der Waals surface area contributed by atoms with E-state index in [1.807, 2.05) is 43.5 Å². The molecular weight excluding hydrogens is 506 g/mol. The topological polar surface area (TPSA) is 43.5 Å². The fraction of sp³-hybridized carbons (Fsp3) is 0.394. The van der Waals surface area contributed by atoms with Gasteiger partial charge in [-0.15, -0.1) is 0 Å². The third-order valence-corrected chi connectivity index (χ3v) is 8.80. The maximum Gasteiger partial charge on any atom is 0.209 e. The summed E-state index contributed by atoms with van der Waals surface area (Å²) in [6.45, 7) is 10.5. The van der Waals surface area contributed by atoms with E-state index < -0.39 is 0 Å². The van der Waals surface area contributed by atoms with Gasteiger partial charge in [0, 0.05) is 52.5 Å². The maximum atomic E-state index is 13.5. The SMILES string of the molecule is C[N+]1=C(C=C2C(=O)C(/C=C3/N(CCC[N+](C)(C)C)c4ccc(Cl)cc4C3(C)C)=C2O)C(C)(C)c2ccccc21. The summed E-state index contributed by atoms with van der Waals surface area (Å²) in [5.41, 5.74) is 6.70. The van der Waals surface area contributed by atoms with E-state index in [4.69, 9.17) is 11.6 Å². The van der Waals surface area contributed by atoms with Crippen LogP contribution in [0.3, 0.4) is 0 Å². The predicted octanol–water partition coefficient (Wildman–Crippen LogP) is 6.45. The van der Waals surface area contributed by atoms with Crippen molar-refractivity contribution in [1.82, 2.24) is 0 Å². The molecule has 0 fully saturated rings. The molecule has 0 unspecified atom stereocenters. The molecule has 5 rings (SSSR count). The quantitative estimate of drug-likeness (QED) is 0.258. The number of allylic oxidation sites excluding steroid dienone is 5. The Morgan fingerprint density at radius 1 is 1.00 bits per heavy atom. The van der Waals surface area contributed by atoms with Gasteiger partial charge in [-0.05, 0) is 43.7 Å². The Kier molecular flexibility index (Phi) is 6.47. The van der Waals surface area contributed by atoms with E-state index in [0.717, 1.165) is 52.3 Å². The van der Waals surface area contributed by atoms with Gasteiger partial charge in [-0.3, -0.25) is 4.79 Å². The molecule has 0 bridgehead atoms. The fourth-order valence-corrected chi connectivity index (χ4v) is 6.47. The first-order chi connectivity index (χ1) is 18.1. The number of nitrogens with zero attached hydrogens (tertiary/aromatic N) is 3. The zero-order valence-electron chi connectivity index (χ0n) is 24.4. The molecule has 0 saturated heterocycles. The molecule has 204 valence electrons. The smallest absolute Gasteiger partial charge is 0.209 e. The lowest BCUT2D eigenvalue weighted by Crippen LogP contribution is -2.37. The Hall–Kier alpha value is -3.15. The Labute approximate surface area is 237 Å². The van der Waals surface area contributed by atoms with Crippen LogP contribution in [-0.2, 0) is 15.6 Å². The molecule has 5 nitrogen and oxygen atoms in total. The van der Waals surface area contributed by atoms with Crippen LogP contribution in [0, 0.1) is 0 Å². The monoisotopic (exact) mass is 545 g/mol. The molecule has 0 amide bonds. The maximum absolute atomic E-state index is 13.5. The number of halogens is 1. The molecule has 2 aromatic carbocycles. The third kappa shape index (κ3) is 4.46. The number of hydrogen-bond acceptors (Lipinski definition) is 3. The number of rotatable bonds is 6. The van der Waals surface area contributed by atoms with Gasteiger partial charge in [-0.2, -0.15) is 4.58 Å². The van der Waals surface area contributed by atoms with Crippen LogP contribution >= 0.6 is 11.6 Å². The number of hydrogen-bond donors (Lipinski definition) is 1. The molecule has 0 saturated carbocycles. The zero-order chi connectivity index (χ0) is 28.5. The van der Waals surface area contributed by atoms with Gasteiger partial charge < -0.3 is 14.5 Å². The molecule has 2 heterocycles. The predicted molar refractivity (Wildman–Crippen MR) is 160 cm³/mol. The first-order valence-electron chi connectivity index (χ1n) is 13.7. The number of carbonyl (C=O) groups is 1. The van der Waals surface area contributed by atoms with Crippen LogP contribution in [0.4, 0.5) is 11.4 Å². The summed E-state index contributed by atoms with van der Waals surface area (Å²) in [6, 6.07) is 14.3. The molecular formula is C33H40ClN3O2+2. The summed E-state index contributed by atoms with van der Waals surface area (Å²) in [7, 11) is 8.61. The number of carbonyl (C=O) groups excluding carboxylic acids is 1. The molecule has 0 atom stereocenters. The van der Waals surface area contributed by atoms with Crippen molar-refractivity contribution in [2.45, 2.75) is 44.9 Å². The molecule has 2 aliphatic heterocycles. The number of ketones is 1. The highest BCUT2D eigenvalue weighted by Gasteiger charge is 2.46. The molecule has 0 aromatic heterocycles. The van der Waals surface area contributed by atoms with E-state index in [2.05, 4.69) is 76.5 Å². The second-order valence-electron chi connectivity index (χ2n) is 13.1. The average Bonchev–Trinajstić information content (AvgIpc) is 3.18. The van der Waals surface area contributed by atoms with Crippen molar-refractivity contribution in [2.75, 3.05) is 46.2 Å². The minimum Gasteiger partial charge on any atom is -0.506 e. The van der Waals surface area contributed by atoms with Crippen molar-refractivity contribution < 1.29 is 19.0 Å². The Morgan fingerprint density at radius 2 is 1.69 bits per heavy atom. The average molecular weight is 546 g/mol. The van der Waals surface area contributed by atoms with E-state index in [0.29, 0.717) is 16.2 Å². The van der Waals surface area contributed by atoms with Crippen LogP contribution in [0.25, 0.3) is 0 Å². The highest BCUT2D eigenvalue weighted by atomic mass is 35.5. The lowest BCUT2D eigenvalue weighted by Gasteiger charge is -2.30. The third-order valence-electron chi connectivity index (χ3n) is 8.57. The number of Topliss-reactive ketones (excluding diaryl/α,β-unsaturated/α-hetero) is 1. The van der Waals surface area contributed by atoms with E-state index in [9.17, 15) is 9.90 Å². The summed E-state index contributed by atoms with van der Waals surface area (Å²) < 4.78 is 3.01. The van der Waals surface area contributed by atoms with Gasteiger partial charge >= 0.3 is 0 Å². The first kappa shape index (κ1) is 27.4. The van der Waals surface area contributed by atoms with Crippen LogP contribution in [0.15, 0.2) is 77.2 Å². The highest BCUT2D eigenvalue weighted by molar-refractivity contribution is 6.30. The Bertz CT molecular complexity index is 1520. The van der Waals surface area contributed by atoms with Gasteiger partial charge in [0.2, 0.25) is 11.5 Å². The van der Waals surface area contributed by atoms with Crippen molar-refractivity contribution in [3.63, 3.8) is 0 Å². The number of quaternary nitrogens is 1. The largest absolute Gasteiger partial charge is 0.506 e. The number of anilines is 1. The van der Waals surface area contributed by atoms with Crippen molar-refractivity contribution in [2.24, 2.45) is 0 Å². The van der Waals surface area contributed by atoms with Gasteiger partial charge in [-0.25, -0.2) is 0 Å². The molecule has 0 radical (unpaired) electrons. The van der Waals surface area contributed by atoms with Crippen LogP contribution < -0.4 is 4.90 Å². The molecule has 1 N–H and O–H groups in total. The van der Waals surface area contributed by atoms with E-state index in [1.165, 1.54) is 5.56 Å². The van der Waals surface area contributed by atoms with E-state index in [-0.39, 0.29) is 22.4 Å². The van der Waals surface area contributed by atoms with Crippen LogP contribution in [0.1, 0.15) is 45.2 Å². The summed E-state index contributed by atoms with van der Waals surface area (Å²) >= 11 is 6.41. The minimum absolute atomic E-state index is 0.0660. The van der Waals surface area contributed by atoms with Gasteiger partial charge in [-0.1, -0.05) is 43.6 Å². The summed E-state index contributed by atoms with van der Waals surface area (Å²) in [5.74, 6) is -0.0556. The van der Waals surface area contributed by atoms with Gasteiger partial charge in [0.1, 0.15) is 12.8 Å². The van der Waals surface area contributed by atoms with E-state index in [1.54, 1.807) is 0 Å². The number of para-hydroxylation sites is 1. The van der Waals surface area contributed by atoms with Crippen molar-refractivity contribution in [3.8, 4) is 0 Å². The zero-order valence-corrected chi connectivity index (χ0v) is 25.1. The Balaban J connectivity index is 1.53. The van der Waals surface area contributed by atoms with E-state index >= 15 is 0 Å². The number of aliphatic hydroxyl groups excluding tert-OH is 1. The molecule has 39 heavy (non-hydrogen) atoms. The summed E-state index contributed by atoms with van der Waals surface area (Å²) in [4.78, 5) is 15.8. The number of aliphatic hydroxyl groups is 1. The lowest BCUT2D eigenvalue weighted by atomic mass is 9.77. The van der Waals surface area contributed by atoms with Gasteiger partial charge in [0.25, 0.3) is 0 Å². The Morgan fingerprint density at radius 3 is 2.33 bits per heavy atom. The molecule has 2 aromatic rings. The van der Waals surface area contributed by atoms with Crippen LogP contribution in [0.2, 0.25) is 5.02 Å². The normalized spacial score (nSPS) is 21.7. The fourth-order valence-electron chi connectivity index (χ4n) is 6.29. The highest BCUT2D eigenvalue weighted by Crippen LogP contribution is 2.50. The minimum atomic E-state index is -0.367. The second kappa shape index (κ2) is 9.21. The molecule has 0 spiro atoms. The van der Waals surface area contributed by atoms with Gasteiger partial charge in [0.15, 0.2) is 5.71 Å². The molecule has 6 heteroatoms. The number of fused-ring (bicyclic) bond motifs is 2. The first-order valence-corrected chi connectivity index (χ1v) is 14.0. The second-order valence-corrected chi connectivity index (χ2v) is 13.5. The lowest BCUT2D eigenvalue weighted by molar-refractivity contribution is -0.870. The van der Waals surface area contributed by atoms with Crippen molar-refractivity contribution >= 4 is 34.5 Å². The summed E-state index contributed by atoms with van der Waals surface area (Å²) in [6.07, 6.45) is 4.76. The van der Waals surface area contributed by atoms with Crippen LogP contribution in [0.5, 0.6) is 0 Å². The number of benzene rings is 2.